The summed E-state index contributed by atoms with van der Waals surface area (Å²) >= 11 is 0.667. The summed E-state index contributed by atoms with van der Waals surface area (Å²) in [5.74, 6) is 0. The van der Waals surface area contributed by atoms with Gasteiger partial charge in [-0.1, -0.05) is 0 Å². The molecule has 0 amide bonds. The molecular weight excluding hydrogens is 360 g/mol. The molecular formula is C10H15ClN2O5S3. The molecule has 0 atom stereocenters. The Bertz CT molecular complexity index is 739. The molecule has 11 heteroatoms. The number of halogens is 1. The predicted octanol–water partition coefficient (Wildman–Crippen LogP) is 0.829. The van der Waals surface area contributed by atoms with Gasteiger partial charge in [-0.3, -0.25) is 4.31 Å². The molecule has 2 rings (SSSR count). The predicted molar refractivity (Wildman–Crippen MR) is 82.4 cm³/mol. The number of fused-ring (bicyclic) bond motifs is 1. The van der Waals surface area contributed by atoms with Gasteiger partial charge in [-0.25, -0.2) is 22.0 Å². The van der Waals surface area contributed by atoms with Crippen molar-refractivity contribution in [3.63, 3.8) is 0 Å². The third kappa shape index (κ3) is 3.76. The van der Waals surface area contributed by atoms with Crippen LogP contribution in [0.4, 0.5) is 0 Å². The lowest BCUT2D eigenvalue weighted by Gasteiger charge is -2.22. The zero-order valence-electron chi connectivity index (χ0n) is 11.1. The third-order valence-electron chi connectivity index (χ3n) is 2.67. The minimum absolute atomic E-state index is 0. The second-order valence-electron chi connectivity index (χ2n) is 4.13. The Labute approximate surface area is 133 Å². The van der Waals surface area contributed by atoms with Crippen LogP contribution in [-0.2, 0) is 24.8 Å². The topological polar surface area (TPSA) is 107 Å². The highest BCUT2D eigenvalue weighted by atomic mass is 35.5. The highest BCUT2D eigenvalue weighted by Crippen LogP contribution is 2.35. The minimum atomic E-state index is -3.90. The molecule has 0 aromatic carbocycles. The zero-order chi connectivity index (χ0) is 15.0. The molecule has 0 fully saturated rings. The molecule has 0 saturated heterocycles. The molecule has 1 aromatic rings. The summed E-state index contributed by atoms with van der Waals surface area (Å²) in [7, 11) is -6.08. The Balaban J connectivity index is 0.00000220. The number of nitrogens with two attached hydrogens (primary N) is 1. The smallest absolute Gasteiger partial charge is 0.273 e. The minimum Gasteiger partial charge on any atom is -0.385 e. The van der Waals surface area contributed by atoms with E-state index in [1.165, 1.54) is 23.7 Å². The van der Waals surface area contributed by atoms with Crippen LogP contribution in [0.15, 0.2) is 20.7 Å². The van der Waals surface area contributed by atoms with Crippen molar-refractivity contribution in [1.82, 2.24) is 4.31 Å². The molecule has 1 aromatic heterocycles. The Kier molecular flexibility index (Phi) is 5.81. The number of ether oxygens (including phenoxy) is 1. The summed E-state index contributed by atoms with van der Waals surface area (Å²) in [6.07, 6.45) is 3.53. The Morgan fingerprint density at radius 2 is 2.10 bits per heavy atom. The van der Waals surface area contributed by atoms with Gasteiger partial charge >= 0.3 is 0 Å². The lowest BCUT2D eigenvalue weighted by atomic mass is 10.3. The van der Waals surface area contributed by atoms with Gasteiger partial charge in [0, 0.05) is 32.0 Å². The quantitative estimate of drug-likeness (QED) is 0.768. The molecule has 1 aliphatic rings. The summed E-state index contributed by atoms with van der Waals surface area (Å²) in [6, 6.07) is 1.27. The van der Waals surface area contributed by atoms with E-state index in [4.69, 9.17) is 9.88 Å². The molecule has 0 spiro atoms. The molecule has 0 unspecified atom stereocenters. The first kappa shape index (κ1) is 18.4. The van der Waals surface area contributed by atoms with Crippen molar-refractivity contribution in [3.05, 3.63) is 17.8 Å². The lowest BCUT2D eigenvalue weighted by Crippen LogP contribution is -2.29. The molecule has 0 radical (unpaired) electrons. The highest BCUT2D eigenvalue weighted by molar-refractivity contribution is 7.94. The van der Waals surface area contributed by atoms with Crippen LogP contribution in [0.25, 0.3) is 6.08 Å². The van der Waals surface area contributed by atoms with Gasteiger partial charge in [-0.05, 0) is 18.6 Å². The number of hydrogen-bond donors (Lipinski definition) is 1. The van der Waals surface area contributed by atoms with Crippen molar-refractivity contribution in [2.75, 3.05) is 20.3 Å². The van der Waals surface area contributed by atoms with E-state index in [0.717, 1.165) is 0 Å². The van der Waals surface area contributed by atoms with Crippen molar-refractivity contribution in [2.45, 2.75) is 14.8 Å². The van der Waals surface area contributed by atoms with E-state index in [-0.39, 0.29) is 27.4 Å². The van der Waals surface area contributed by atoms with E-state index in [1.807, 2.05) is 0 Å². The first-order valence-corrected chi connectivity index (χ1v) is 9.43. The van der Waals surface area contributed by atoms with Gasteiger partial charge in [0.15, 0.2) is 0 Å². The zero-order valence-corrected chi connectivity index (χ0v) is 14.3. The molecule has 2 heterocycles. The standard InChI is InChI=1S/C10H14N2O5S3.ClH/c1-17-6-2-4-12-5-3-8-7-9(19(11,13)14)18-10(8)20(12,15)16;/h3,5,7H,2,4,6H2,1H3,(H2,11,13,14);1H. The molecule has 7 nitrogen and oxygen atoms in total. The molecule has 1 aliphatic heterocycles. The summed E-state index contributed by atoms with van der Waals surface area (Å²) in [4.78, 5) is 0. The Morgan fingerprint density at radius 1 is 1.43 bits per heavy atom. The Morgan fingerprint density at radius 3 is 2.67 bits per heavy atom. The maximum atomic E-state index is 12.3. The number of sulfonamides is 2. The van der Waals surface area contributed by atoms with E-state index < -0.39 is 20.0 Å². The second kappa shape index (κ2) is 6.63. The van der Waals surface area contributed by atoms with Gasteiger partial charge in [-0.15, -0.1) is 23.7 Å². The van der Waals surface area contributed by atoms with Gasteiger partial charge in [-0.2, -0.15) is 0 Å². The van der Waals surface area contributed by atoms with E-state index in [9.17, 15) is 16.8 Å². The van der Waals surface area contributed by atoms with E-state index >= 15 is 0 Å². The van der Waals surface area contributed by atoms with Crippen LogP contribution in [0.5, 0.6) is 0 Å². The number of thiophene rings is 1. The maximum absolute atomic E-state index is 12.3. The summed E-state index contributed by atoms with van der Waals surface area (Å²) in [6.45, 7) is 0.717. The van der Waals surface area contributed by atoms with Crippen molar-refractivity contribution >= 4 is 49.9 Å². The first-order valence-electron chi connectivity index (χ1n) is 5.62. The molecule has 120 valence electrons. The molecule has 0 aliphatic carbocycles. The van der Waals surface area contributed by atoms with E-state index in [0.29, 0.717) is 29.9 Å². The van der Waals surface area contributed by atoms with Gasteiger partial charge in [0.1, 0.15) is 8.42 Å². The van der Waals surface area contributed by atoms with Crippen LogP contribution < -0.4 is 5.14 Å². The first-order chi connectivity index (χ1) is 9.26. The normalized spacial score (nSPS) is 16.4. The Hall–Kier alpha value is -0.650. The van der Waals surface area contributed by atoms with Gasteiger partial charge in [0.05, 0.1) is 0 Å². The number of nitrogens with zero attached hydrogens (tertiary/aromatic N) is 1. The van der Waals surface area contributed by atoms with Crippen LogP contribution >= 0.6 is 23.7 Å². The number of hydrogen-bond acceptors (Lipinski definition) is 6. The van der Waals surface area contributed by atoms with Crippen molar-refractivity contribution in [1.29, 1.82) is 0 Å². The van der Waals surface area contributed by atoms with Crippen LogP contribution in [-0.4, -0.2) is 41.4 Å². The third-order valence-corrected chi connectivity index (χ3v) is 7.55. The summed E-state index contributed by atoms with van der Waals surface area (Å²) in [5, 5.41) is 5.02. The van der Waals surface area contributed by atoms with Crippen LogP contribution in [0.1, 0.15) is 12.0 Å². The van der Waals surface area contributed by atoms with Crippen molar-refractivity contribution in [2.24, 2.45) is 5.14 Å². The maximum Gasteiger partial charge on any atom is 0.273 e. The van der Waals surface area contributed by atoms with Gasteiger partial charge in [0.2, 0.25) is 10.0 Å². The fourth-order valence-electron chi connectivity index (χ4n) is 1.73. The van der Waals surface area contributed by atoms with Crippen molar-refractivity contribution < 1.29 is 21.6 Å². The second-order valence-corrected chi connectivity index (χ2v) is 9.06. The van der Waals surface area contributed by atoms with Crippen LogP contribution in [0.3, 0.4) is 0 Å². The van der Waals surface area contributed by atoms with E-state index in [2.05, 4.69) is 0 Å². The van der Waals surface area contributed by atoms with Crippen molar-refractivity contribution in [3.8, 4) is 0 Å². The molecule has 2 N–H and O–H groups in total. The lowest BCUT2D eigenvalue weighted by molar-refractivity contribution is 0.191. The largest absolute Gasteiger partial charge is 0.385 e. The number of rotatable bonds is 5. The number of methoxy groups -OCH3 is 1. The van der Waals surface area contributed by atoms with E-state index in [1.54, 1.807) is 6.08 Å². The average molecular weight is 375 g/mol. The highest BCUT2D eigenvalue weighted by Gasteiger charge is 2.31. The molecule has 21 heavy (non-hydrogen) atoms. The summed E-state index contributed by atoms with van der Waals surface area (Å²) < 4.78 is 53.2. The van der Waals surface area contributed by atoms with Crippen LogP contribution in [0, 0.1) is 0 Å². The monoisotopic (exact) mass is 374 g/mol. The molecule has 0 saturated carbocycles. The van der Waals surface area contributed by atoms with Crippen LogP contribution in [0.2, 0.25) is 0 Å². The SMILES string of the molecule is COCCCN1C=Cc2cc(S(N)(=O)=O)sc2S1(=O)=O.Cl. The summed E-state index contributed by atoms with van der Waals surface area (Å²) in [5.41, 5.74) is 0.349. The molecule has 0 bridgehead atoms. The van der Waals surface area contributed by atoms with Gasteiger partial charge in [0.25, 0.3) is 10.0 Å². The number of primary sulfonamides is 1. The average Bonchev–Trinajstić information content (AvgIpc) is 2.77. The fraction of sp³-hybridized carbons (Fsp3) is 0.400. The fourth-order valence-corrected chi connectivity index (χ4v) is 5.72. The van der Waals surface area contributed by atoms with Gasteiger partial charge < -0.3 is 4.74 Å².